The monoisotopic (exact) mass is 477 g/mol. The lowest BCUT2D eigenvalue weighted by atomic mass is 9.78. The van der Waals surface area contributed by atoms with Crippen molar-refractivity contribution in [3.63, 3.8) is 0 Å². The fraction of sp³-hybridized carbons (Fsp3) is 0.321. The predicted octanol–water partition coefficient (Wildman–Crippen LogP) is 4.90. The molecule has 0 fully saturated rings. The van der Waals surface area contributed by atoms with Gasteiger partial charge in [-0.15, -0.1) is 0 Å². The van der Waals surface area contributed by atoms with Crippen molar-refractivity contribution in [2.45, 2.75) is 40.0 Å². The van der Waals surface area contributed by atoms with E-state index in [4.69, 9.17) is 14.2 Å². The smallest absolute Gasteiger partial charge is 0.355 e. The number of para-hydroxylation sites is 1. The zero-order chi connectivity index (χ0) is 25.4. The number of allylic oxidation sites excluding steroid dienone is 1. The quantitative estimate of drug-likeness (QED) is 0.375. The van der Waals surface area contributed by atoms with Crippen LogP contribution in [-0.4, -0.2) is 37.7 Å². The number of hydrogen-bond acceptors (Lipinski definition) is 7. The number of esters is 3. The fourth-order valence-corrected chi connectivity index (χ4v) is 4.28. The van der Waals surface area contributed by atoms with E-state index in [0.717, 1.165) is 0 Å². The molecular weight excluding hydrogens is 446 g/mol. The minimum absolute atomic E-state index is 0.0373. The van der Waals surface area contributed by atoms with Gasteiger partial charge in [0.25, 0.3) is 0 Å². The van der Waals surface area contributed by atoms with E-state index >= 15 is 0 Å². The maximum atomic E-state index is 13.5. The molecule has 0 aliphatic carbocycles. The van der Waals surface area contributed by atoms with Gasteiger partial charge in [-0.25, -0.2) is 14.4 Å². The van der Waals surface area contributed by atoms with Gasteiger partial charge in [0.1, 0.15) is 5.70 Å². The van der Waals surface area contributed by atoms with E-state index in [1.54, 1.807) is 25.7 Å². The van der Waals surface area contributed by atoms with Crippen molar-refractivity contribution < 1.29 is 28.6 Å². The van der Waals surface area contributed by atoms with Crippen molar-refractivity contribution in [3.8, 4) is 0 Å². The summed E-state index contributed by atoms with van der Waals surface area (Å²) >= 11 is 0. The van der Waals surface area contributed by atoms with E-state index in [0.29, 0.717) is 28.9 Å². The highest BCUT2D eigenvalue weighted by Crippen LogP contribution is 2.46. The average molecular weight is 478 g/mol. The topological polar surface area (TPSA) is 82.1 Å². The first-order chi connectivity index (χ1) is 17.0. The number of carbonyl (C=O) groups excluding carboxylic acids is 3. The summed E-state index contributed by atoms with van der Waals surface area (Å²) in [5.74, 6) is -2.79. The standard InChI is InChI=1S/C28H31NO6/c1-5-21-23(26(30)33-6-2)22(19-15-11-9-12-16-19)24(27(31)34-7-3)25(28(32)35-8-4)29(21)20-17-13-10-14-18-20/h9-18,22H,5-8H2,1-4H3. The van der Waals surface area contributed by atoms with Crippen LogP contribution in [0.4, 0.5) is 5.69 Å². The normalized spacial score (nSPS) is 15.7. The Morgan fingerprint density at radius 3 is 1.69 bits per heavy atom. The van der Waals surface area contributed by atoms with E-state index in [-0.39, 0.29) is 31.1 Å². The lowest BCUT2D eigenvalue weighted by Crippen LogP contribution is -2.40. The highest BCUT2D eigenvalue weighted by Gasteiger charge is 2.45. The van der Waals surface area contributed by atoms with E-state index in [1.165, 1.54) is 0 Å². The molecule has 0 radical (unpaired) electrons. The third-order valence-corrected chi connectivity index (χ3v) is 5.58. The molecule has 1 heterocycles. The summed E-state index contributed by atoms with van der Waals surface area (Å²) in [6, 6.07) is 18.2. The Kier molecular flexibility index (Phi) is 8.84. The molecule has 2 aromatic rings. The Bertz CT molecular complexity index is 1120. The molecule has 0 spiro atoms. The van der Waals surface area contributed by atoms with Gasteiger partial charge in [0, 0.05) is 11.4 Å². The van der Waals surface area contributed by atoms with Gasteiger partial charge in [-0.1, -0.05) is 55.5 Å². The Morgan fingerprint density at radius 2 is 1.17 bits per heavy atom. The molecular formula is C28H31NO6. The Balaban J connectivity index is 2.47. The van der Waals surface area contributed by atoms with Crippen LogP contribution in [0.5, 0.6) is 0 Å². The third-order valence-electron chi connectivity index (χ3n) is 5.58. The maximum absolute atomic E-state index is 13.5. The van der Waals surface area contributed by atoms with E-state index < -0.39 is 23.8 Å². The summed E-state index contributed by atoms with van der Waals surface area (Å²) in [6.07, 6.45) is 0.394. The molecule has 1 atom stereocenters. The molecule has 2 aromatic carbocycles. The zero-order valence-corrected chi connectivity index (χ0v) is 20.6. The second-order valence-electron chi connectivity index (χ2n) is 7.65. The van der Waals surface area contributed by atoms with Crippen molar-refractivity contribution in [1.29, 1.82) is 0 Å². The molecule has 0 saturated heterocycles. The molecule has 7 heteroatoms. The molecule has 1 unspecified atom stereocenters. The van der Waals surface area contributed by atoms with Crippen LogP contribution in [-0.2, 0) is 28.6 Å². The van der Waals surface area contributed by atoms with Gasteiger partial charge in [-0.05, 0) is 44.9 Å². The first kappa shape index (κ1) is 25.7. The van der Waals surface area contributed by atoms with Crippen LogP contribution in [0, 0.1) is 0 Å². The highest BCUT2D eigenvalue weighted by atomic mass is 16.5. The minimum atomic E-state index is -0.872. The minimum Gasteiger partial charge on any atom is -0.463 e. The van der Waals surface area contributed by atoms with Crippen LogP contribution in [0.1, 0.15) is 45.6 Å². The highest BCUT2D eigenvalue weighted by molar-refractivity contribution is 6.09. The Hall–Kier alpha value is -3.87. The van der Waals surface area contributed by atoms with Gasteiger partial charge in [-0.2, -0.15) is 0 Å². The summed E-state index contributed by atoms with van der Waals surface area (Å²) in [5, 5.41) is 0. The van der Waals surface area contributed by atoms with Gasteiger partial charge >= 0.3 is 17.9 Å². The summed E-state index contributed by atoms with van der Waals surface area (Å²) < 4.78 is 16.3. The summed E-state index contributed by atoms with van der Waals surface area (Å²) in [7, 11) is 0. The van der Waals surface area contributed by atoms with Crippen molar-refractivity contribution in [2.24, 2.45) is 0 Å². The molecule has 184 valence electrons. The first-order valence-corrected chi connectivity index (χ1v) is 11.9. The first-order valence-electron chi connectivity index (χ1n) is 11.9. The molecule has 1 aliphatic rings. The van der Waals surface area contributed by atoms with Gasteiger partial charge in [0.05, 0.1) is 36.9 Å². The molecule has 3 rings (SSSR count). The van der Waals surface area contributed by atoms with E-state index in [2.05, 4.69) is 0 Å². The molecule has 7 nitrogen and oxygen atoms in total. The average Bonchev–Trinajstić information content (AvgIpc) is 2.88. The predicted molar refractivity (Wildman–Crippen MR) is 132 cm³/mol. The van der Waals surface area contributed by atoms with E-state index in [1.807, 2.05) is 67.6 Å². The number of ether oxygens (including phenoxy) is 3. The SMILES string of the molecule is CCOC(=O)C1=C(CC)N(c2ccccc2)C(C(=O)OCC)=C(C(=O)OCC)C1c1ccccc1. The zero-order valence-electron chi connectivity index (χ0n) is 20.6. The van der Waals surface area contributed by atoms with Crippen molar-refractivity contribution in [1.82, 2.24) is 0 Å². The van der Waals surface area contributed by atoms with Crippen LogP contribution in [0.2, 0.25) is 0 Å². The molecule has 0 aromatic heterocycles. The fourth-order valence-electron chi connectivity index (χ4n) is 4.28. The van der Waals surface area contributed by atoms with Crippen LogP contribution in [0.3, 0.4) is 0 Å². The van der Waals surface area contributed by atoms with Crippen LogP contribution in [0.15, 0.2) is 83.2 Å². The molecule has 1 aliphatic heterocycles. The van der Waals surface area contributed by atoms with Gasteiger partial charge in [0.2, 0.25) is 0 Å². The molecule has 0 N–H and O–H groups in total. The Morgan fingerprint density at radius 1 is 0.686 bits per heavy atom. The molecule has 35 heavy (non-hydrogen) atoms. The number of anilines is 1. The molecule has 0 saturated carbocycles. The van der Waals surface area contributed by atoms with Gasteiger partial charge < -0.3 is 19.1 Å². The second-order valence-corrected chi connectivity index (χ2v) is 7.65. The number of rotatable bonds is 9. The van der Waals surface area contributed by atoms with Crippen molar-refractivity contribution >= 4 is 23.6 Å². The summed E-state index contributed by atoms with van der Waals surface area (Å²) in [6.45, 7) is 7.40. The lowest BCUT2D eigenvalue weighted by Gasteiger charge is -2.38. The summed E-state index contributed by atoms with van der Waals surface area (Å²) in [4.78, 5) is 42.1. The maximum Gasteiger partial charge on any atom is 0.355 e. The van der Waals surface area contributed by atoms with Crippen LogP contribution >= 0.6 is 0 Å². The number of nitrogens with zero attached hydrogens (tertiary/aromatic N) is 1. The molecule has 0 bridgehead atoms. The van der Waals surface area contributed by atoms with Gasteiger partial charge in [0.15, 0.2) is 0 Å². The largest absolute Gasteiger partial charge is 0.463 e. The summed E-state index contributed by atoms with van der Waals surface area (Å²) in [5.41, 5.74) is 2.21. The van der Waals surface area contributed by atoms with E-state index in [9.17, 15) is 14.4 Å². The third kappa shape index (κ3) is 5.29. The number of hydrogen-bond donors (Lipinski definition) is 0. The van der Waals surface area contributed by atoms with Crippen molar-refractivity contribution in [2.75, 3.05) is 24.7 Å². The Labute approximate surface area is 206 Å². The van der Waals surface area contributed by atoms with Crippen molar-refractivity contribution in [3.05, 3.63) is 88.8 Å². The van der Waals surface area contributed by atoms with Gasteiger partial charge in [-0.3, -0.25) is 0 Å². The van der Waals surface area contributed by atoms with Crippen LogP contribution < -0.4 is 4.90 Å². The molecule has 0 amide bonds. The number of carbonyl (C=O) groups is 3. The number of benzene rings is 2. The second kappa shape index (κ2) is 12.0. The lowest BCUT2D eigenvalue weighted by molar-refractivity contribution is -0.142. The van der Waals surface area contributed by atoms with Crippen LogP contribution in [0.25, 0.3) is 0 Å².